The van der Waals surface area contributed by atoms with E-state index in [4.69, 9.17) is 9.05 Å². The molecule has 2 N–H and O–H groups in total. The second-order valence-electron chi connectivity index (χ2n) is 19.2. The molecule has 0 aromatic heterocycles. The highest BCUT2D eigenvalue weighted by molar-refractivity contribution is 7.45. The summed E-state index contributed by atoms with van der Waals surface area (Å²) < 4.78 is 23.3. The van der Waals surface area contributed by atoms with E-state index < -0.39 is 20.0 Å². The van der Waals surface area contributed by atoms with Crippen LogP contribution in [0.5, 0.6) is 0 Å². The van der Waals surface area contributed by atoms with Gasteiger partial charge in [-0.15, -0.1) is 0 Å². The highest BCUT2D eigenvalue weighted by Crippen LogP contribution is 2.38. The van der Waals surface area contributed by atoms with Crippen LogP contribution in [0.2, 0.25) is 0 Å². The maximum absolute atomic E-state index is 12.9. The quantitative estimate of drug-likeness (QED) is 0.0358. The number of carbonyl (C=O) groups excluding carboxylic acids is 1. The Hall–Kier alpha value is -0.500. The van der Waals surface area contributed by atoms with Crippen LogP contribution < -0.4 is 10.2 Å². The lowest BCUT2D eigenvalue weighted by atomic mass is 10.0. The van der Waals surface area contributed by atoms with Crippen LogP contribution in [0.15, 0.2) is 0 Å². The van der Waals surface area contributed by atoms with Crippen LogP contribution >= 0.6 is 7.82 Å². The normalized spacial score (nSPS) is 14.1. The smallest absolute Gasteiger partial charge is 0.268 e. The molecule has 0 aromatic rings. The first-order valence-electron chi connectivity index (χ1n) is 25.9. The van der Waals surface area contributed by atoms with Crippen LogP contribution in [0, 0.1) is 0 Å². The van der Waals surface area contributed by atoms with Gasteiger partial charge >= 0.3 is 0 Å². The SMILES string of the molecule is CCCCCCCCCCCCCCCCCCCCCCCCCCC(O)C(COP(=O)([O-])OCC[N+](C)(C)C)NC(=O)CCCCCCCCCCCCCCC. The van der Waals surface area contributed by atoms with Crippen molar-refractivity contribution < 1.29 is 32.9 Å². The number of nitrogens with zero attached hydrogens (tertiary/aromatic N) is 1. The number of aliphatic hydroxyl groups is 1. The third-order valence-corrected chi connectivity index (χ3v) is 13.1. The molecule has 0 aliphatic rings. The maximum atomic E-state index is 12.9. The molecular weight excluding hydrogens is 756 g/mol. The number of phosphoric acid groups is 1. The molecule has 0 radical (unpaired) electrons. The molecule has 3 atom stereocenters. The van der Waals surface area contributed by atoms with Gasteiger partial charge in [-0.3, -0.25) is 9.36 Å². The third kappa shape index (κ3) is 45.3. The van der Waals surface area contributed by atoms with Crippen molar-refractivity contribution >= 4 is 13.7 Å². The van der Waals surface area contributed by atoms with Crippen molar-refractivity contribution in [2.24, 2.45) is 0 Å². The number of quaternary nitrogens is 1. The second kappa shape index (κ2) is 42.8. The summed E-state index contributed by atoms with van der Waals surface area (Å²) >= 11 is 0. The zero-order valence-corrected chi connectivity index (χ0v) is 41.1. The van der Waals surface area contributed by atoms with Gasteiger partial charge in [-0.1, -0.05) is 245 Å². The molecule has 0 aliphatic carbocycles. The van der Waals surface area contributed by atoms with E-state index in [1.54, 1.807) is 0 Å². The monoisotopic (exact) mass is 859 g/mol. The molecule has 3 unspecified atom stereocenters. The first-order chi connectivity index (χ1) is 28.5. The Labute approximate surface area is 368 Å². The number of carbonyl (C=O) groups is 1. The van der Waals surface area contributed by atoms with Crippen molar-refractivity contribution in [2.75, 3.05) is 40.9 Å². The third-order valence-electron chi connectivity index (χ3n) is 12.1. The molecule has 9 heteroatoms. The number of nitrogens with one attached hydrogen (secondary N) is 1. The van der Waals surface area contributed by atoms with Gasteiger partial charge in [0, 0.05) is 6.42 Å². The summed E-state index contributed by atoms with van der Waals surface area (Å²) in [6.45, 7) is 4.75. The van der Waals surface area contributed by atoms with Gasteiger partial charge in [0.25, 0.3) is 7.82 Å². The van der Waals surface area contributed by atoms with Gasteiger partial charge < -0.3 is 28.8 Å². The number of unbranched alkanes of at least 4 members (excludes halogenated alkanes) is 35. The number of amides is 1. The van der Waals surface area contributed by atoms with Crippen LogP contribution in [0.4, 0.5) is 0 Å². The first-order valence-corrected chi connectivity index (χ1v) is 27.3. The molecule has 0 aromatic carbocycles. The minimum absolute atomic E-state index is 0.0163. The molecular formula is C50H103N2O6P. The van der Waals surface area contributed by atoms with E-state index in [0.717, 1.165) is 38.5 Å². The number of phosphoric ester groups is 1. The molecule has 0 rings (SSSR count). The minimum atomic E-state index is -4.56. The van der Waals surface area contributed by atoms with E-state index in [-0.39, 0.29) is 19.1 Å². The molecule has 0 aliphatic heterocycles. The average molecular weight is 859 g/mol. The lowest BCUT2D eigenvalue weighted by Gasteiger charge is -2.30. The predicted molar refractivity (Wildman–Crippen MR) is 252 cm³/mol. The maximum Gasteiger partial charge on any atom is 0.268 e. The second-order valence-corrected chi connectivity index (χ2v) is 20.7. The fraction of sp³-hybridized carbons (Fsp3) is 0.980. The van der Waals surface area contributed by atoms with E-state index in [9.17, 15) is 19.4 Å². The van der Waals surface area contributed by atoms with Crippen LogP contribution in [-0.2, 0) is 18.4 Å². The topological polar surface area (TPSA) is 108 Å². The Balaban J connectivity index is 4.14. The van der Waals surface area contributed by atoms with E-state index in [1.807, 2.05) is 21.1 Å². The Kier molecular flexibility index (Phi) is 42.4. The van der Waals surface area contributed by atoms with Crippen molar-refractivity contribution in [1.29, 1.82) is 0 Å². The highest BCUT2D eigenvalue weighted by atomic mass is 31.2. The standard InChI is InChI=1S/C50H103N2O6P/c1-6-8-10-12-14-16-18-20-21-22-23-24-25-26-27-28-29-30-32-33-35-37-39-41-43-49(53)48(47-58-59(55,56)57-46-45-52(3,4)5)51-50(54)44-42-40-38-36-34-31-19-17-15-13-11-9-7-2/h48-49,53H,6-47H2,1-5H3,(H-,51,54,55,56). The Morgan fingerprint density at radius 2 is 0.831 bits per heavy atom. The van der Waals surface area contributed by atoms with Crippen molar-refractivity contribution in [3.8, 4) is 0 Å². The molecule has 0 saturated heterocycles. The van der Waals surface area contributed by atoms with Crippen molar-refractivity contribution in [3.63, 3.8) is 0 Å². The molecule has 0 heterocycles. The number of rotatable bonds is 48. The summed E-state index contributed by atoms with van der Waals surface area (Å²) in [6.07, 6.45) is 48.3. The number of hydrogen-bond acceptors (Lipinski definition) is 6. The summed E-state index contributed by atoms with van der Waals surface area (Å²) in [5.41, 5.74) is 0. The Morgan fingerprint density at radius 3 is 1.15 bits per heavy atom. The molecule has 0 saturated carbocycles. The van der Waals surface area contributed by atoms with E-state index in [2.05, 4.69) is 19.2 Å². The van der Waals surface area contributed by atoms with Crippen LogP contribution in [0.1, 0.15) is 264 Å². The van der Waals surface area contributed by atoms with Gasteiger partial charge in [-0.05, 0) is 12.8 Å². The molecule has 1 amide bonds. The minimum Gasteiger partial charge on any atom is -0.756 e. The Morgan fingerprint density at radius 1 is 0.525 bits per heavy atom. The summed E-state index contributed by atoms with van der Waals surface area (Å²) in [4.78, 5) is 25.4. The molecule has 0 bridgehead atoms. The fourth-order valence-corrected chi connectivity index (χ4v) is 8.71. The van der Waals surface area contributed by atoms with Crippen molar-refractivity contribution in [1.82, 2.24) is 5.32 Å². The van der Waals surface area contributed by atoms with E-state index in [1.165, 1.54) is 199 Å². The fourth-order valence-electron chi connectivity index (χ4n) is 7.98. The average Bonchev–Trinajstić information content (AvgIpc) is 3.19. The van der Waals surface area contributed by atoms with Gasteiger partial charge in [-0.2, -0.15) is 0 Å². The van der Waals surface area contributed by atoms with Crippen molar-refractivity contribution in [3.05, 3.63) is 0 Å². The highest BCUT2D eigenvalue weighted by Gasteiger charge is 2.24. The zero-order valence-electron chi connectivity index (χ0n) is 40.2. The lowest BCUT2D eigenvalue weighted by molar-refractivity contribution is -0.870. The molecule has 8 nitrogen and oxygen atoms in total. The van der Waals surface area contributed by atoms with Gasteiger partial charge in [0.2, 0.25) is 5.91 Å². The van der Waals surface area contributed by atoms with E-state index in [0.29, 0.717) is 23.9 Å². The van der Waals surface area contributed by atoms with Crippen molar-refractivity contribution in [2.45, 2.75) is 276 Å². The summed E-state index contributed by atoms with van der Waals surface area (Å²) in [7, 11) is 1.32. The van der Waals surface area contributed by atoms with Gasteiger partial charge in [0.1, 0.15) is 13.2 Å². The van der Waals surface area contributed by atoms with Crippen LogP contribution in [-0.4, -0.2) is 68.5 Å². The molecule has 0 spiro atoms. The lowest BCUT2D eigenvalue weighted by Crippen LogP contribution is -2.46. The molecule has 354 valence electrons. The zero-order chi connectivity index (χ0) is 43.6. The summed E-state index contributed by atoms with van der Waals surface area (Å²) in [6, 6.07) is -0.793. The molecule has 59 heavy (non-hydrogen) atoms. The number of hydrogen-bond donors (Lipinski definition) is 2. The van der Waals surface area contributed by atoms with Crippen LogP contribution in [0.25, 0.3) is 0 Å². The van der Waals surface area contributed by atoms with Gasteiger partial charge in [0.05, 0.1) is 39.9 Å². The van der Waals surface area contributed by atoms with Gasteiger partial charge in [0.15, 0.2) is 0 Å². The number of aliphatic hydroxyl groups excluding tert-OH is 1. The van der Waals surface area contributed by atoms with Gasteiger partial charge in [-0.25, -0.2) is 0 Å². The number of likely N-dealkylation sites (N-methyl/N-ethyl adjacent to an activating group) is 1. The largest absolute Gasteiger partial charge is 0.756 e. The first kappa shape index (κ1) is 58.5. The molecule has 0 fully saturated rings. The van der Waals surface area contributed by atoms with E-state index >= 15 is 0 Å². The predicted octanol–water partition coefficient (Wildman–Crippen LogP) is 14.3. The summed E-state index contributed by atoms with van der Waals surface area (Å²) in [5.74, 6) is -0.160. The van der Waals surface area contributed by atoms with Crippen LogP contribution in [0.3, 0.4) is 0 Å². The summed E-state index contributed by atoms with van der Waals surface area (Å²) in [5, 5.41) is 14.0. The Bertz CT molecular complexity index is 932.